The predicted molar refractivity (Wildman–Crippen MR) is 59.3 cm³/mol. The SMILES string of the molecule is O=C(Cl)c1cc(F)c(Cl)c(I)c1Cl. The lowest BCUT2D eigenvalue weighted by molar-refractivity contribution is 0.108. The maximum atomic E-state index is 13.0. The molecule has 1 rings (SSSR count). The van der Waals surface area contributed by atoms with Gasteiger partial charge in [0.15, 0.2) is 0 Å². The second kappa shape index (κ2) is 4.29. The molecule has 0 N–H and O–H groups in total. The molecule has 0 spiro atoms. The molecular formula is C7HCl3FIO. The summed E-state index contributed by atoms with van der Waals surface area (Å²) in [7, 11) is 0. The number of carbonyl (C=O) groups is 1. The summed E-state index contributed by atoms with van der Waals surface area (Å²) in [6.07, 6.45) is 0. The van der Waals surface area contributed by atoms with E-state index in [0.717, 1.165) is 6.07 Å². The molecule has 0 saturated heterocycles. The number of benzene rings is 1. The summed E-state index contributed by atoms with van der Waals surface area (Å²) in [6, 6.07) is 0.919. The number of carbonyl (C=O) groups excluding carboxylic acids is 1. The molecule has 0 heterocycles. The van der Waals surface area contributed by atoms with Crippen LogP contribution in [0.25, 0.3) is 0 Å². The summed E-state index contributed by atoms with van der Waals surface area (Å²) in [5, 5.41) is -0.835. The lowest BCUT2D eigenvalue weighted by Gasteiger charge is -2.04. The van der Waals surface area contributed by atoms with Crippen LogP contribution in [0.2, 0.25) is 10.0 Å². The minimum atomic E-state index is -0.807. The van der Waals surface area contributed by atoms with Crippen molar-refractivity contribution in [2.24, 2.45) is 0 Å². The van der Waals surface area contributed by atoms with Gasteiger partial charge < -0.3 is 0 Å². The second-order valence-corrected chi connectivity index (χ2v) is 4.30. The number of hydrogen-bond acceptors (Lipinski definition) is 1. The zero-order chi connectivity index (χ0) is 10.2. The molecule has 70 valence electrons. The Morgan fingerprint density at radius 3 is 2.38 bits per heavy atom. The minimum Gasteiger partial charge on any atom is -0.276 e. The highest BCUT2D eigenvalue weighted by atomic mass is 127. The van der Waals surface area contributed by atoms with Gasteiger partial charge in [0, 0.05) is 0 Å². The Hall–Kier alpha value is 0.420. The van der Waals surface area contributed by atoms with Crippen molar-refractivity contribution in [1.29, 1.82) is 0 Å². The Morgan fingerprint density at radius 2 is 1.92 bits per heavy atom. The molecule has 1 aromatic carbocycles. The fourth-order valence-corrected chi connectivity index (χ4v) is 1.89. The summed E-state index contributed by atoms with van der Waals surface area (Å²) in [5.74, 6) is -0.709. The molecule has 0 amide bonds. The van der Waals surface area contributed by atoms with E-state index in [0.29, 0.717) is 0 Å². The van der Waals surface area contributed by atoms with Gasteiger partial charge in [0.05, 0.1) is 19.2 Å². The molecule has 6 heteroatoms. The highest BCUT2D eigenvalue weighted by molar-refractivity contribution is 14.1. The highest BCUT2D eigenvalue weighted by Crippen LogP contribution is 2.32. The van der Waals surface area contributed by atoms with Gasteiger partial charge >= 0.3 is 0 Å². The summed E-state index contributed by atoms with van der Waals surface area (Å²) in [5.41, 5.74) is -0.0744. The van der Waals surface area contributed by atoms with Gasteiger partial charge in [0.1, 0.15) is 5.82 Å². The van der Waals surface area contributed by atoms with Crippen LogP contribution in [0.5, 0.6) is 0 Å². The Balaban J connectivity index is 3.50. The van der Waals surface area contributed by atoms with E-state index in [-0.39, 0.29) is 19.2 Å². The Kier molecular flexibility index (Phi) is 3.80. The first-order valence-corrected chi connectivity index (χ1v) is 5.19. The molecule has 1 nitrogen and oxygen atoms in total. The third-order valence-electron chi connectivity index (χ3n) is 1.31. The van der Waals surface area contributed by atoms with Crippen LogP contribution in [0.3, 0.4) is 0 Å². The van der Waals surface area contributed by atoms with E-state index in [4.69, 9.17) is 34.8 Å². The first-order chi connectivity index (χ1) is 5.95. The van der Waals surface area contributed by atoms with E-state index in [1.54, 1.807) is 22.6 Å². The van der Waals surface area contributed by atoms with E-state index in [1.165, 1.54) is 0 Å². The van der Waals surface area contributed by atoms with Crippen molar-refractivity contribution in [3.63, 3.8) is 0 Å². The average Bonchev–Trinajstić information content (AvgIpc) is 2.07. The smallest absolute Gasteiger partial charge is 0.254 e. The number of hydrogen-bond donors (Lipinski definition) is 0. The van der Waals surface area contributed by atoms with Crippen LogP contribution in [0.15, 0.2) is 6.07 Å². The van der Waals surface area contributed by atoms with Crippen LogP contribution in [0, 0.1) is 9.39 Å². The lowest BCUT2D eigenvalue weighted by atomic mass is 10.2. The van der Waals surface area contributed by atoms with Gasteiger partial charge in [0.2, 0.25) is 0 Å². The summed E-state index contributed by atoms with van der Waals surface area (Å²) in [4.78, 5) is 10.7. The van der Waals surface area contributed by atoms with Crippen LogP contribution >= 0.6 is 57.4 Å². The summed E-state index contributed by atoms with van der Waals surface area (Å²) in [6.45, 7) is 0. The molecule has 0 saturated carbocycles. The minimum absolute atomic E-state index is 0.0744. The van der Waals surface area contributed by atoms with Crippen molar-refractivity contribution < 1.29 is 9.18 Å². The molecule has 0 unspecified atom stereocenters. The van der Waals surface area contributed by atoms with Gasteiger partial charge in [-0.15, -0.1) is 0 Å². The van der Waals surface area contributed by atoms with Crippen LogP contribution in [-0.2, 0) is 0 Å². The molecule has 0 bridgehead atoms. The fraction of sp³-hybridized carbons (Fsp3) is 0. The molecule has 0 radical (unpaired) electrons. The van der Waals surface area contributed by atoms with Crippen LogP contribution < -0.4 is 0 Å². The third kappa shape index (κ3) is 2.26. The number of halogens is 5. The van der Waals surface area contributed by atoms with Gasteiger partial charge in [-0.05, 0) is 40.3 Å². The maximum Gasteiger partial charge on any atom is 0.254 e. The topological polar surface area (TPSA) is 17.1 Å². The normalized spacial score (nSPS) is 10.2. The van der Waals surface area contributed by atoms with Gasteiger partial charge in [-0.25, -0.2) is 4.39 Å². The van der Waals surface area contributed by atoms with Gasteiger partial charge in [0.25, 0.3) is 5.24 Å². The van der Waals surface area contributed by atoms with Crippen LogP contribution in [0.1, 0.15) is 10.4 Å². The van der Waals surface area contributed by atoms with Crippen molar-refractivity contribution >= 4 is 62.6 Å². The molecule has 0 aromatic heterocycles. The van der Waals surface area contributed by atoms with Gasteiger partial charge in [-0.3, -0.25) is 4.79 Å². The third-order valence-corrected chi connectivity index (χ3v) is 4.00. The molecular weight excluding hydrogens is 352 g/mol. The monoisotopic (exact) mass is 352 g/mol. The van der Waals surface area contributed by atoms with Gasteiger partial charge in [-0.2, -0.15) is 0 Å². The van der Waals surface area contributed by atoms with Gasteiger partial charge in [-0.1, -0.05) is 23.2 Å². The molecule has 1 aromatic rings. The molecule has 13 heavy (non-hydrogen) atoms. The van der Waals surface area contributed by atoms with Crippen molar-refractivity contribution in [1.82, 2.24) is 0 Å². The van der Waals surface area contributed by atoms with Crippen molar-refractivity contribution in [2.45, 2.75) is 0 Å². The summed E-state index contributed by atoms with van der Waals surface area (Å²) < 4.78 is 13.3. The van der Waals surface area contributed by atoms with E-state index >= 15 is 0 Å². The molecule has 0 fully saturated rings. The Morgan fingerprint density at radius 1 is 1.38 bits per heavy atom. The quantitative estimate of drug-likeness (QED) is 0.321. The first kappa shape index (κ1) is 11.5. The average molecular weight is 353 g/mol. The molecule has 0 aliphatic rings. The largest absolute Gasteiger partial charge is 0.276 e. The molecule has 0 atom stereocenters. The van der Waals surface area contributed by atoms with E-state index in [9.17, 15) is 9.18 Å². The Labute approximate surface area is 102 Å². The molecule has 0 aliphatic carbocycles. The lowest BCUT2D eigenvalue weighted by Crippen LogP contribution is -1.95. The van der Waals surface area contributed by atoms with Crippen molar-refractivity contribution in [2.75, 3.05) is 0 Å². The first-order valence-electron chi connectivity index (χ1n) is 2.98. The second-order valence-electron chi connectivity index (χ2n) is 2.12. The predicted octanol–water partition coefficient (Wildman–Crippen LogP) is 4.12. The van der Waals surface area contributed by atoms with E-state index < -0.39 is 11.1 Å². The van der Waals surface area contributed by atoms with Crippen LogP contribution in [-0.4, -0.2) is 5.24 Å². The standard InChI is InChI=1S/C7HCl3FIO/c8-4-2(7(10)13)1-3(11)5(9)6(4)12/h1H. The molecule has 0 aliphatic heterocycles. The highest BCUT2D eigenvalue weighted by Gasteiger charge is 2.17. The zero-order valence-electron chi connectivity index (χ0n) is 5.88. The Bertz CT molecular complexity index is 380. The van der Waals surface area contributed by atoms with E-state index in [1.807, 2.05) is 0 Å². The van der Waals surface area contributed by atoms with Crippen LogP contribution in [0.4, 0.5) is 4.39 Å². The zero-order valence-corrected chi connectivity index (χ0v) is 10.3. The number of rotatable bonds is 1. The summed E-state index contributed by atoms with van der Waals surface area (Å²) >= 11 is 18.1. The maximum absolute atomic E-state index is 13.0. The van der Waals surface area contributed by atoms with Crippen molar-refractivity contribution in [3.8, 4) is 0 Å². The van der Waals surface area contributed by atoms with E-state index in [2.05, 4.69) is 0 Å². The fourth-order valence-electron chi connectivity index (χ4n) is 0.716. The van der Waals surface area contributed by atoms with Crippen molar-refractivity contribution in [3.05, 3.63) is 31.1 Å².